The van der Waals surface area contributed by atoms with E-state index in [9.17, 15) is 0 Å². The Kier molecular flexibility index (Phi) is 38.7. The van der Waals surface area contributed by atoms with Crippen LogP contribution >= 0.6 is 0 Å². The molecule has 0 radical (unpaired) electrons. The van der Waals surface area contributed by atoms with Crippen LogP contribution in [0.4, 0.5) is 0 Å². The number of hydrogen-bond donors (Lipinski definition) is 0. The molecule has 0 aromatic carbocycles. The van der Waals surface area contributed by atoms with Gasteiger partial charge in [-0.3, -0.25) is 0 Å². The molecule has 0 heterocycles. The van der Waals surface area contributed by atoms with Gasteiger partial charge in [0, 0.05) is 0 Å². The van der Waals surface area contributed by atoms with Gasteiger partial charge in [0.15, 0.2) is 0 Å². The van der Waals surface area contributed by atoms with E-state index < -0.39 is 0 Å². The SMILES string of the molecule is CCCC[B+]CCCCCC.CCCC[N+](CCCC)(CCCC)CCCC.[OH-].[OH-]. The van der Waals surface area contributed by atoms with Crippen LogP contribution in [0.5, 0.6) is 0 Å². The first-order valence-electron chi connectivity index (χ1n) is 13.3. The predicted molar refractivity (Wildman–Crippen MR) is 138 cm³/mol. The van der Waals surface area contributed by atoms with Crippen molar-refractivity contribution < 1.29 is 15.4 Å². The third kappa shape index (κ3) is 26.0. The van der Waals surface area contributed by atoms with Crippen LogP contribution in [0.25, 0.3) is 0 Å². The third-order valence-corrected chi connectivity index (χ3v) is 5.97. The van der Waals surface area contributed by atoms with E-state index in [0.29, 0.717) is 0 Å². The van der Waals surface area contributed by atoms with E-state index in [2.05, 4.69) is 48.8 Å². The summed E-state index contributed by atoms with van der Waals surface area (Å²) in [5, 5.41) is 0. The molecule has 0 amide bonds. The molecule has 2 N–H and O–H groups in total. The van der Waals surface area contributed by atoms with Crippen LogP contribution in [0.3, 0.4) is 0 Å². The Hall–Kier alpha value is -0.0551. The van der Waals surface area contributed by atoms with Crippen LogP contribution in [-0.2, 0) is 0 Å². The van der Waals surface area contributed by atoms with Crippen LogP contribution in [0.15, 0.2) is 0 Å². The molecular weight excluding hydrogens is 369 g/mol. The first kappa shape index (κ1) is 37.3. The molecule has 0 unspecified atom stereocenters. The quantitative estimate of drug-likeness (QED) is 0.111. The van der Waals surface area contributed by atoms with Crippen molar-refractivity contribution >= 4 is 7.28 Å². The van der Waals surface area contributed by atoms with Crippen molar-refractivity contribution in [2.24, 2.45) is 0 Å². The van der Waals surface area contributed by atoms with E-state index in [1.54, 1.807) is 0 Å². The van der Waals surface area contributed by atoms with E-state index in [0.717, 1.165) is 0 Å². The number of unbranched alkanes of at least 4 members (excludes halogenated alkanes) is 8. The Balaban J connectivity index is -0.000000228. The Morgan fingerprint density at radius 3 is 1.07 bits per heavy atom. The van der Waals surface area contributed by atoms with E-state index in [1.165, 1.54) is 133 Å². The maximum absolute atomic E-state index is 2.46. The third-order valence-electron chi connectivity index (χ3n) is 5.97. The molecule has 0 rings (SSSR count). The van der Waals surface area contributed by atoms with Crippen LogP contribution in [-0.4, -0.2) is 48.9 Å². The van der Waals surface area contributed by atoms with Crippen LogP contribution in [0.2, 0.25) is 12.6 Å². The molecule has 0 fully saturated rings. The standard InChI is InChI=1S/C16H36N.C10H22B.2H2O/c1-5-9-13-17(14-10-6-2,15-11-7-3)16-12-8-4;1-3-5-7-8-10-11-9-6-4-2;;/h5-16H2,1-4H3;3-10H2,1-2H3;2*1H2/q2*+1;;/p-2. The molecule has 0 saturated heterocycles. The summed E-state index contributed by atoms with van der Waals surface area (Å²) in [5.74, 6) is 0. The summed E-state index contributed by atoms with van der Waals surface area (Å²) < 4.78 is 1.42. The van der Waals surface area contributed by atoms with Gasteiger partial charge in [0.1, 0.15) is 0 Å². The molecule has 3 nitrogen and oxygen atoms in total. The molecule has 0 atom stereocenters. The summed E-state index contributed by atoms with van der Waals surface area (Å²) in [4.78, 5) is 0. The zero-order chi connectivity index (χ0) is 21.3. The van der Waals surface area contributed by atoms with Crippen molar-refractivity contribution in [2.75, 3.05) is 26.2 Å². The first-order valence-corrected chi connectivity index (χ1v) is 13.3. The Bertz CT molecular complexity index is 232. The Morgan fingerprint density at radius 1 is 0.400 bits per heavy atom. The van der Waals surface area contributed by atoms with Crippen molar-refractivity contribution in [1.29, 1.82) is 0 Å². The minimum atomic E-state index is 0. The smallest absolute Gasteiger partial charge is 0.0786 e. The number of nitrogens with zero attached hydrogens (tertiary/aromatic N) is 1. The average Bonchev–Trinajstić information content (AvgIpc) is 2.72. The molecule has 0 aromatic rings. The van der Waals surface area contributed by atoms with Gasteiger partial charge in [-0.2, -0.15) is 0 Å². The van der Waals surface area contributed by atoms with Crippen molar-refractivity contribution in [2.45, 2.75) is 144 Å². The van der Waals surface area contributed by atoms with Crippen molar-refractivity contribution in [3.8, 4) is 0 Å². The van der Waals surface area contributed by atoms with E-state index >= 15 is 0 Å². The molecule has 4 heteroatoms. The molecular formula is C26H60BNO2. The number of hydrogen-bond acceptors (Lipinski definition) is 2. The summed E-state index contributed by atoms with van der Waals surface area (Å²) in [5.41, 5.74) is 0. The predicted octanol–water partition coefficient (Wildman–Crippen LogP) is 8.56. The molecule has 0 bridgehead atoms. The van der Waals surface area contributed by atoms with Gasteiger partial charge in [0.05, 0.1) is 26.2 Å². The van der Waals surface area contributed by atoms with Crippen LogP contribution < -0.4 is 0 Å². The first-order chi connectivity index (χ1) is 13.7. The van der Waals surface area contributed by atoms with E-state index in [-0.39, 0.29) is 11.0 Å². The van der Waals surface area contributed by atoms with Gasteiger partial charge >= 0.3 is 72.3 Å². The van der Waals surface area contributed by atoms with Crippen molar-refractivity contribution in [3.63, 3.8) is 0 Å². The summed E-state index contributed by atoms with van der Waals surface area (Å²) in [6.07, 6.45) is 22.1. The second kappa shape index (κ2) is 31.1. The van der Waals surface area contributed by atoms with Crippen LogP contribution in [0, 0.1) is 0 Å². The number of rotatable bonds is 20. The zero-order valence-corrected chi connectivity index (χ0v) is 22.1. The second-order valence-corrected chi connectivity index (χ2v) is 8.93. The summed E-state index contributed by atoms with van der Waals surface area (Å²) in [6.45, 7) is 19.5. The van der Waals surface area contributed by atoms with E-state index in [4.69, 9.17) is 0 Å². The second-order valence-electron chi connectivity index (χ2n) is 8.93. The maximum Gasteiger partial charge on any atom is 0.0786 e. The minimum absolute atomic E-state index is 0. The fourth-order valence-corrected chi connectivity index (χ4v) is 3.85. The topological polar surface area (TPSA) is 60.0 Å². The van der Waals surface area contributed by atoms with Gasteiger partial charge in [-0.15, -0.1) is 0 Å². The molecule has 30 heavy (non-hydrogen) atoms. The van der Waals surface area contributed by atoms with Gasteiger partial charge in [-0.1, -0.05) is 53.4 Å². The minimum Gasteiger partial charge on any atom is -0.870 e. The van der Waals surface area contributed by atoms with Crippen LogP contribution in [0.1, 0.15) is 131 Å². The molecule has 0 aliphatic heterocycles. The fourth-order valence-electron chi connectivity index (χ4n) is 3.85. The molecule has 0 aliphatic rings. The van der Waals surface area contributed by atoms with E-state index in [1.807, 2.05) is 0 Å². The summed E-state index contributed by atoms with van der Waals surface area (Å²) >= 11 is 0. The molecule has 0 aromatic heterocycles. The Labute approximate surface area is 193 Å². The fraction of sp³-hybridized carbons (Fsp3) is 1.00. The molecule has 0 aliphatic carbocycles. The average molecular weight is 430 g/mol. The van der Waals surface area contributed by atoms with Gasteiger partial charge < -0.3 is 15.4 Å². The molecule has 184 valence electrons. The van der Waals surface area contributed by atoms with Gasteiger partial charge in [-0.05, 0) is 25.7 Å². The molecule has 0 spiro atoms. The summed E-state index contributed by atoms with van der Waals surface area (Å²) in [7, 11) is 2.46. The summed E-state index contributed by atoms with van der Waals surface area (Å²) in [6, 6.07) is 0. The van der Waals surface area contributed by atoms with Crippen molar-refractivity contribution in [1.82, 2.24) is 0 Å². The number of quaternary nitrogens is 1. The van der Waals surface area contributed by atoms with Gasteiger partial charge in [0.2, 0.25) is 0 Å². The maximum atomic E-state index is 2.46. The zero-order valence-electron chi connectivity index (χ0n) is 22.1. The Morgan fingerprint density at radius 2 is 0.733 bits per heavy atom. The molecule has 0 saturated carbocycles. The van der Waals surface area contributed by atoms with Gasteiger partial charge in [-0.25, -0.2) is 0 Å². The largest absolute Gasteiger partial charge is 0.870 e. The van der Waals surface area contributed by atoms with Crippen molar-refractivity contribution in [3.05, 3.63) is 0 Å². The van der Waals surface area contributed by atoms with Gasteiger partial charge in [0.25, 0.3) is 0 Å². The monoisotopic (exact) mass is 429 g/mol. The normalized spacial score (nSPS) is 10.3.